The van der Waals surface area contributed by atoms with Gasteiger partial charge in [-0.1, -0.05) is 62.2 Å². The highest BCUT2D eigenvalue weighted by Crippen LogP contribution is 2.34. The molecule has 3 aromatic rings. The van der Waals surface area contributed by atoms with Gasteiger partial charge in [-0.05, 0) is 59.5 Å². The van der Waals surface area contributed by atoms with Crippen molar-refractivity contribution in [1.82, 2.24) is 0 Å². The van der Waals surface area contributed by atoms with E-state index >= 15 is 0 Å². The molecular formula is C27H28Cl2O5. The van der Waals surface area contributed by atoms with Crippen LogP contribution in [-0.2, 0) is 10.2 Å². The van der Waals surface area contributed by atoms with E-state index in [4.69, 9.17) is 37.4 Å². The highest BCUT2D eigenvalue weighted by atomic mass is 35.5. The van der Waals surface area contributed by atoms with Crippen molar-refractivity contribution in [3.63, 3.8) is 0 Å². The summed E-state index contributed by atoms with van der Waals surface area (Å²) < 4.78 is 17.1. The Labute approximate surface area is 210 Å². The van der Waals surface area contributed by atoms with Crippen LogP contribution in [0.1, 0.15) is 44.4 Å². The van der Waals surface area contributed by atoms with Gasteiger partial charge in [0.2, 0.25) is 6.10 Å². The van der Waals surface area contributed by atoms with Gasteiger partial charge in [0.25, 0.3) is 0 Å². The normalized spacial score (nSPS) is 12.1. The highest BCUT2D eigenvalue weighted by Gasteiger charge is 2.24. The maximum atomic E-state index is 11.9. The lowest BCUT2D eigenvalue weighted by atomic mass is 9.87. The Morgan fingerprint density at radius 1 is 0.882 bits per heavy atom. The molecular weight excluding hydrogens is 475 g/mol. The minimum Gasteiger partial charge on any atom is -0.493 e. The minimum atomic E-state index is -1.19. The van der Waals surface area contributed by atoms with E-state index in [1.54, 1.807) is 42.5 Å². The summed E-state index contributed by atoms with van der Waals surface area (Å²) in [6, 6.07) is 19.4. The van der Waals surface area contributed by atoms with Gasteiger partial charge in [0.05, 0.1) is 18.2 Å². The fourth-order valence-electron chi connectivity index (χ4n) is 3.16. The van der Waals surface area contributed by atoms with Gasteiger partial charge in [-0.25, -0.2) is 4.79 Å². The topological polar surface area (TPSA) is 65.0 Å². The van der Waals surface area contributed by atoms with E-state index in [-0.39, 0.29) is 5.41 Å². The average molecular weight is 503 g/mol. The summed E-state index contributed by atoms with van der Waals surface area (Å²) in [6.45, 7) is 7.20. The predicted octanol–water partition coefficient (Wildman–Crippen LogP) is 7.34. The summed E-state index contributed by atoms with van der Waals surface area (Å²) in [5.74, 6) is 0.598. The van der Waals surface area contributed by atoms with Crippen LogP contribution in [0.25, 0.3) is 0 Å². The number of hydrogen-bond acceptors (Lipinski definition) is 4. The molecule has 180 valence electrons. The zero-order valence-corrected chi connectivity index (χ0v) is 20.9. The molecule has 0 aromatic heterocycles. The Morgan fingerprint density at radius 3 is 1.94 bits per heavy atom. The molecule has 3 aromatic carbocycles. The molecule has 34 heavy (non-hydrogen) atoms. The van der Waals surface area contributed by atoms with Crippen LogP contribution in [-0.4, -0.2) is 24.3 Å². The predicted molar refractivity (Wildman–Crippen MR) is 135 cm³/mol. The van der Waals surface area contributed by atoms with Crippen molar-refractivity contribution >= 4 is 29.2 Å². The van der Waals surface area contributed by atoms with Gasteiger partial charge in [0.15, 0.2) is 0 Å². The first-order valence-corrected chi connectivity index (χ1v) is 11.7. The SMILES string of the molecule is CC(C)(C)c1ccc(OC(C(=O)O)c2ccc(OCCCOc3ccc(Cl)cc3)cc2)c(Cl)c1. The van der Waals surface area contributed by atoms with Gasteiger partial charge in [-0.3, -0.25) is 0 Å². The first-order valence-electron chi connectivity index (χ1n) is 10.9. The minimum absolute atomic E-state index is 0.0772. The largest absolute Gasteiger partial charge is 0.493 e. The Kier molecular flexibility index (Phi) is 8.70. The Hall–Kier alpha value is -2.89. The van der Waals surface area contributed by atoms with Crippen molar-refractivity contribution in [1.29, 1.82) is 0 Å². The zero-order chi connectivity index (χ0) is 24.7. The molecule has 1 unspecified atom stereocenters. The van der Waals surface area contributed by atoms with Crippen LogP contribution in [0, 0.1) is 0 Å². The molecule has 3 rings (SSSR count). The van der Waals surface area contributed by atoms with Crippen LogP contribution < -0.4 is 14.2 Å². The number of benzene rings is 3. The lowest BCUT2D eigenvalue weighted by molar-refractivity contribution is -0.145. The summed E-state index contributed by atoms with van der Waals surface area (Å²) in [5.41, 5.74) is 1.45. The maximum absolute atomic E-state index is 11.9. The fourth-order valence-corrected chi connectivity index (χ4v) is 3.51. The summed E-state index contributed by atoms with van der Waals surface area (Å²) in [4.78, 5) is 11.9. The van der Waals surface area contributed by atoms with Crippen molar-refractivity contribution in [2.24, 2.45) is 0 Å². The summed E-state index contributed by atoms with van der Waals surface area (Å²) >= 11 is 12.2. The van der Waals surface area contributed by atoms with E-state index in [0.717, 1.165) is 11.3 Å². The first-order chi connectivity index (χ1) is 16.1. The number of carbonyl (C=O) groups is 1. The monoisotopic (exact) mass is 502 g/mol. The molecule has 0 heterocycles. The van der Waals surface area contributed by atoms with Crippen molar-refractivity contribution in [2.45, 2.75) is 38.7 Å². The molecule has 0 fully saturated rings. The highest BCUT2D eigenvalue weighted by molar-refractivity contribution is 6.32. The number of carboxylic acids is 1. The first kappa shape index (κ1) is 25.7. The van der Waals surface area contributed by atoms with Crippen LogP contribution in [0.2, 0.25) is 10.0 Å². The smallest absolute Gasteiger partial charge is 0.349 e. The second-order valence-corrected chi connectivity index (χ2v) is 9.65. The second kappa shape index (κ2) is 11.5. The number of aliphatic carboxylic acids is 1. The third kappa shape index (κ3) is 7.31. The number of ether oxygens (including phenoxy) is 3. The lowest BCUT2D eigenvalue weighted by Crippen LogP contribution is -2.18. The van der Waals surface area contributed by atoms with Gasteiger partial charge >= 0.3 is 5.97 Å². The van der Waals surface area contributed by atoms with E-state index in [2.05, 4.69) is 20.8 Å². The number of rotatable bonds is 10. The van der Waals surface area contributed by atoms with E-state index in [1.807, 2.05) is 24.3 Å². The zero-order valence-electron chi connectivity index (χ0n) is 19.4. The molecule has 0 amide bonds. The van der Waals surface area contributed by atoms with Crippen molar-refractivity contribution in [3.8, 4) is 17.2 Å². The third-order valence-corrected chi connectivity index (χ3v) is 5.64. The van der Waals surface area contributed by atoms with Gasteiger partial charge < -0.3 is 19.3 Å². The van der Waals surface area contributed by atoms with Crippen molar-refractivity contribution < 1.29 is 24.1 Å². The standard InChI is InChI=1S/C27H28Cl2O5/c1-27(2,3)19-7-14-24(23(29)17-19)34-25(26(30)31)18-5-10-21(11-6-18)32-15-4-16-33-22-12-8-20(28)9-13-22/h5-14,17,25H,4,15-16H2,1-3H3,(H,30,31). The van der Waals surface area contributed by atoms with Gasteiger partial charge in [0, 0.05) is 17.0 Å². The Balaban J connectivity index is 1.55. The molecule has 0 radical (unpaired) electrons. The van der Waals surface area contributed by atoms with E-state index in [9.17, 15) is 9.90 Å². The molecule has 0 bridgehead atoms. The Morgan fingerprint density at radius 2 is 1.44 bits per heavy atom. The van der Waals surface area contributed by atoms with Crippen LogP contribution in [0.5, 0.6) is 17.2 Å². The van der Waals surface area contributed by atoms with Crippen LogP contribution in [0.4, 0.5) is 0 Å². The molecule has 0 aliphatic heterocycles. The maximum Gasteiger partial charge on any atom is 0.349 e. The van der Waals surface area contributed by atoms with Crippen molar-refractivity contribution in [2.75, 3.05) is 13.2 Å². The molecule has 1 N–H and O–H groups in total. The van der Waals surface area contributed by atoms with E-state index < -0.39 is 12.1 Å². The third-order valence-electron chi connectivity index (χ3n) is 5.09. The molecule has 0 saturated carbocycles. The van der Waals surface area contributed by atoms with Crippen molar-refractivity contribution in [3.05, 3.63) is 87.9 Å². The van der Waals surface area contributed by atoms with E-state index in [1.165, 1.54) is 0 Å². The van der Waals surface area contributed by atoms with Crippen LogP contribution in [0.15, 0.2) is 66.7 Å². The van der Waals surface area contributed by atoms with Gasteiger partial charge in [-0.15, -0.1) is 0 Å². The second-order valence-electron chi connectivity index (χ2n) is 8.80. The van der Waals surface area contributed by atoms with Crippen LogP contribution >= 0.6 is 23.2 Å². The molecule has 5 nitrogen and oxygen atoms in total. The average Bonchev–Trinajstić information content (AvgIpc) is 2.79. The molecule has 1 atom stereocenters. The number of hydrogen-bond donors (Lipinski definition) is 1. The summed E-state index contributed by atoms with van der Waals surface area (Å²) in [6.07, 6.45) is -0.506. The van der Waals surface area contributed by atoms with Gasteiger partial charge in [-0.2, -0.15) is 0 Å². The number of halogens is 2. The molecule has 0 saturated heterocycles. The molecule has 0 aliphatic carbocycles. The summed E-state index contributed by atoms with van der Waals surface area (Å²) in [7, 11) is 0. The molecule has 7 heteroatoms. The molecule has 0 spiro atoms. The van der Waals surface area contributed by atoms with Gasteiger partial charge in [0.1, 0.15) is 17.2 Å². The quantitative estimate of drug-likeness (QED) is 0.293. The lowest BCUT2D eigenvalue weighted by Gasteiger charge is -2.21. The molecule has 0 aliphatic rings. The van der Waals surface area contributed by atoms with E-state index in [0.29, 0.717) is 46.7 Å². The Bertz CT molecular complexity index is 1090. The summed E-state index contributed by atoms with van der Waals surface area (Å²) in [5, 5.41) is 10.8. The number of carboxylic acid groups (broad SMARTS) is 1. The fraction of sp³-hybridized carbons (Fsp3) is 0.296. The van der Waals surface area contributed by atoms with Crippen LogP contribution in [0.3, 0.4) is 0 Å².